The van der Waals surface area contributed by atoms with E-state index in [2.05, 4.69) is 57.2 Å². The summed E-state index contributed by atoms with van der Waals surface area (Å²) >= 11 is 12.5. The van der Waals surface area contributed by atoms with E-state index < -0.39 is 0 Å². The summed E-state index contributed by atoms with van der Waals surface area (Å²) in [5.74, 6) is 0.756. The number of allylic oxidation sites excluding steroid dienone is 2. The third-order valence-electron chi connectivity index (χ3n) is 7.50. The average Bonchev–Trinajstić information content (AvgIpc) is 3.04. The van der Waals surface area contributed by atoms with Crippen molar-refractivity contribution in [3.63, 3.8) is 0 Å². The first-order valence-electron chi connectivity index (χ1n) is 13.6. The molecule has 0 fully saturated rings. The Morgan fingerprint density at radius 2 is 1.49 bits per heavy atom. The minimum absolute atomic E-state index is 0.101. The van der Waals surface area contributed by atoms with Gasteiger partial charge in [-0.3, -0.25) is 14.7 Å². The second-order valence-electron chi connectivity index (χ2n) is 11.3. The number of carbonyl (C=O) groups is 1. The van der Waals surface area contributed by atoms with Crippen molar-refractivity contribution in [2.45, 2.75) is 45.4 Å². The summed E-state index contributed by atoms with van der Waals surface area (Å²) in [5.41, 5.74) is 6.54. The smallest absolute Gasteiger partial charge is 0.231 e. The van der Waals surface area contributed by atoms with Gasteiger partial charge in [-0.05, 0) is 76.8 Å². The van der Waals surface area contributed by atoms with Crippen LogP contribution in [0, 0.1) is 5.92 Å². The Bertz CT molecular complexity index is 1430. The fraction of sp³-hybridized carbons (Fsp3) is 0.294. The molecule has 200 valence electrons. The van der Waals surface area contributed by atoms with Crippen LogP contribution in [0.1, 0.15) is 55.9 Å². The number of amidine groups is 1. The van der Waals surface area contributed by atoms with Crippen molar-refractivity contribution in [2.75, 3.05) is 13.1 Å². The molecule has 0 saturated carbocycles. The van der Waals surface area contributed by atoms with E-state index in [1.807, 2.05) is 53.4 Å². The Hall–Kier alpha value is -3.14. The van der Waals surface area contributed by atoms with Gasteiger partial charge in [-0.1, -0.05) is 105 Å². The van der Waals surface area contributed by atoms with Crippen molar-refractivity contribution in [1.82, 2.24) is 4.90 Å². The minimum Gasteiger partial charge on any atom is -0.296 e. The van der Waals surface area contributed by atoms with Crippen LogP contribution in [0.4, 0.5) is 0 Å². The Morgan fingerprint density at radius 1 is 0.872 bits per heavy atom. The van der Waals surface area contributed by atoms with E-state index in [1.165, 1.54) is 11.1 Å². The van der Waals surface area contributed by atoms with E-state index >= 15 is 0 Å². The van der Waals surface area contributed by atoms with Gasteiger partial charge >= 0.3 is 0 Å². The maximum atomic E-state index is 14.2. The molecule has 1 amide bonds. The van der Waals surface area contributed by atoms with E-state index in [9.17, 15) is 4.79 Å². The molecule has 0 saturated heterocycles. The van der Waals surface area contributed by atoms with Gasteiger partial charge in [0.05, 0.1) is 0 Å². The summed E-state index contributed by atoms with van der Waals surface area (Å²) in [6.45, 7) is 7.85. The van der Waals surface area contributed by atoms with Gasteiger partial charge in [0.15, 0.2) is 0 Å². The van der Waals surface area contributed by atoms with Crippen LogP contribution in [-0.2, 0) is 16.6 Å². The third kappa shape index (κ3) is 6.21. The highest BCUT2D eigenvalue weighted by Crippen LogP contribution is 2.35. The van der Waals surface area contributed by atoms with Crippen molar-refractivity contribution in [1.29, 1.82) is 0 Å². The monoisotopic (exact) mass is 556 g/mol. The van der Waals surface area contributed by atoms with Crippen molar-refractivity contribution in [2.24, 2.45) is 10.9 Å². The maximum Gasteiger partial charge on any atom is 0.231 e. The lowest BCUT2D eigenvalue weighted by atomic mass is 9.85. The molecule has 0 N–H and O–H groups in total. The fourth-order valence-corrected chi connectivity index (χ4v) is 5.54. The number of rotatable bonds is 4. The van der Waals surface area contributed by atoms with E-state index in [4.69, 9.17) is 28.2 Å². The molecule has 0 aliphatic carbocycles. The third-order valence-corrected chi connectivity index (χ3v) is 8.00. The Labute approximate surface area is 241 Å². The topological polar surface area (TPSA) is 32.7 Å². The number of fused-ring (bicyclic) bond motifs is 1. The van der Waals surface area contributed by atoms with Gasteiger partial charge in [0.2, 0.25) is 5.91 Å². The van der Waals surface area contributed by atoms with Crippen LogP contribution in [0.25, 0.3) is 11.1 Å². The molecule has 3 aromatic carbocycles. The van der Waals surface area contributed by atoms with Gasteiger partial charge in [0.25, 0.3) is 0 Å². The largest absolute Gasteiger partial charge is 0.296 e. The number of nitrogens with zero attached hydrogens (tertiary/aromatic N) is 2. The normalized spacial score (nSPS) is 20.9. The molecule has 39 heavy (non-hydrogen) atoms. The fourth-order valence-electron chi connectivity index (χ4n) is 5.28. The number of halogens is 2. The van der Waals surface area contributed by atoms with Crippen LogP contribution < -0.4 is 0 Å². The number of aliphatic imine (C=N–C) groups is 1. The van der Waals surface area contributed by atoms with Gasteiger partial charge in [0.1, 0.15) is 5.84 Å². The molecular weight excluding hydrogens is 523 g/mol. The van der Waals surface area contributed by atoms with Crippen LogP contribution in [0.5, 0.6) is 0 Å². The van der Waals surface area contributed by atoms with Crippen molar-refractivity contribution in [3.8, 4) is 0 Å². The minimum atomic E-state index is -0.124. The highest BCUT2D eigenvalue weighted by molar-refractivity contribution is 6.34. The van der Waals surface area contributed by atoms with Gasteiger partial charge in [-0.15, -0.1) is 0 Å². The molecule has 2 aliphatic rings. The molecule has 1 unspecified atom stereocenters. The predicted octanol–water partition coefficient (Wildman–Crippen LogP) is 8.65. The number of amides is 1. The van der Waals surface area contributed by atoms with Crippen LogP contribution in [0.3, 0.4) is 0 Å². The van der Waals surface area contributed by atoms with E-state index in [-0.39, 0.29) is 17.2 Å². The second-order valence-corrected chi connectivity index (χ2v) is 12.2. The first kappa shape index (κ1) is 27.4. The first-order valence-corrected chi connectivity index (χ1v) is 14.3. The van der Waals surface area contributed by atoms with E-state index in [0.29, 0.717) is 29.6 Å². The molecule has 2 aliphatic heterocycles. The van der Waals surface area contributed by atoms with E-state index in [1.54, 1.807) is 0 Å². The first-order chi connectivity index (χ1) is 18.7. The maximum absolute atomic E-state index is 14.2. The molecular formula is C34H34Cl2N2O. The Kier molecular flexibility index (Phi) is 8.11. The number of hydrogen-bond acceptors (Lipinski definition) is 2. The predicted molar refractivity (Wildman–Crippen MR) is 164 cm³/mol. The zero-order chi connectivity index (χ0) is 27.6. The summed E-state index contributed by atoms with van der Waals surface area (Å²) in [6.07, 6.45) is 6.48. The zero-order valence-corrected chi connectivity index (χ0v) is 24.3. The van der Waals surface area contributed by atoms with Crippen LogP contribution >= 0.6 is 23.2 Å². The summed E-state index contributed by atoms with van der Waals surface area (Å²) in [4.78, 5) is 21.2. The number of carbonyl (C=O) groups excluding carboxylic acids is 1. The molecule has 2 heterocycles. The molecule has 1 atom stereocenters. The highest BCUT2D eigenvalue weighted by atomic mass is 35.5. The lowest BCUT2D eigenvalue weighted by molar-refractivity contribution is -0.131. The summed E-state index contributed by atoms with van der Waals surface area (Å²) in [5, 5.41) is 1.35. The quantitative estimate of drug-likeness (QED) is 0.316. The molecule has 3 nitrogen and oxygen atoms in total. The van der Waals surface area contributed by atoms with Crippen LogP contribution in [0.2, 0.25) is 10.0 Å². The molecule has 3 aromatic rings. The number of benzene rings is 3. The van der Waals surface area contributed by atoms with Gasteiger partial charge in [-0.2, -0.15) is 0 Å². The lowest BCUT2D eigenvalue weighted by Gasteiger charge is -2.30. The molecule has 0 spiro atoms. The van der Waals surface area contributed by atoms with Gasteiger partial charge in [0, 0.05) is 34.6 Å². The van der Waals surface area contributed by atoms with Gasteiger partial charge < -0.3 is 0 Å². The SMILES string of the molecule is CC(C)(C)c1ccc(CC2CCN=C3/C(c4ccc(Cl)cc4)=C(c4ccc(Cl)cc4)\C=C/CCN3C2=O)cc1. The molecule has 0 aromatic heterocycles. The van der Waals surface area contributed by atoms with E-state index in [0.717, 1.165) is 41.0 Å². The second kappa shape index (κ2) is 11.5. The Morgan fingerprint density at radius 3 is 2.10 bits per heavy atom. The van der Waals surface area contributed by atoms with Crippen molar-refractivity contribution >= 4 is 46.1 Å². The van der Waals surface area contributed by atoms with Crippen molar-refractivity contribution < 1.29 is 4.79 Å². The highest BCUT2D eigenvalue weighted by Gasteiger charge is 2.33. The number of hydrogen-bond donors (Lipinski definition) is 0. The van der Waals surface area contributed by atoms with Gasteiger partial charge in [-0.25, -0.2) is 0 Å². The molecule has 0 radical (unpaired) electrons. The standard InChI is InChI=1S/C34H34Cl2N2O/c1-34(2,3)27-13-7-23(8-14-27)22-26-19-20-37-32-31(25-11-17-29(36)18-12-25)30(24-9-15-28(35)16-10-24)6-4-5-21-38(32)33(26)39/h4,6-18,26H,5,19-22H2,1-3H3/b6-4-,31-30+. The van der Waals surface area contributed by atoms with Crippen LogP contribution in [0.15, 0.2) is 89.9 Å². The average molecular weight is 558 g/mol. The zero-order valence-electron chi connectivity index (χ0n) is 22.8. The lowest BCUT2D eigenvalue weighted by Crippen LogP contribution is -2.41. The molecule has 5 rings (SSSR count). The summed E-state index contributed by atoms with van der Waals surface area (Å²) in [6, 6.07) is 24.4. The summed E-state index contributed by atoms with van der Waals surface area (Å²) < 4.78 is 0. The summed E-state index contributed by atoms with van der Waals surface area (Å²) in [7, 11) is 0. The van der Waals surface area contributed by atoms with Crippen LogP contribution in [-0.4, -0.2) is 29.7 Å². The van der Waals surface area contributed by atoms with Crippen molar-refractivity contribution in [3.05, 3.63) is 117 Å². The molecule has 0 bridgehead atoms. The Balaban J connectivity index is 1.54. The molecule has 5 heteroatoms.